The fourth-order valence-electron chi connectivity index (χ4n) is 2.24. The van der Waals surface area contributed by atoms with Crippen molar-refractivity contribution in [3.63, 3.8) is 0 Å². The van der Waals surface area contributed by atoms with E-state index >= 15 is 0 Å². The van der Waals surface area contributed by atoms with E-state index in [-0.39, 0.29) is 5.69 Å². The molecule has 1 aliphatic carbocycles. The Hall–Kier alpha value is -3.06. The lowest BCUT2D eigenvalue weighted by Crippen LogP contribution is -2.21. The fraction of sp³-hybridized carbons (Fsp3) is 0.286. The van der Waals surface area contributed by atoms with Gasteiger partial charge in [0.1, 0.15) is 0 Å². The number of rotatable bonds is 2. The smallest absolute Gasteiger partial charge is 0.323 e. The van der Waals surface area contributed by atoms with Crippen LogP contribution in [0.25, 0.3) is 11.0 Å². The van der Waals surface area contributed by atoms with Crippen molar-refractivity contribution in [1.29, 1.82) is 10.5 Å². The van der Waals surface area contributed by atoms with Gasteiger partial charge in [-0.3, -0.25) is 9.13 Å². The summed E-state index contributed by atoms with van der Waals surface area (Å²) in [4.78, 5) is 12.1. The monoisotopic (exact) mass is 284 g/mol. The molecule has 1 aromatic heterocycles. The van der Waals surface area contributed by atoms with Crippen LogP contribution in [0.4, 0.5) is 0 Å². The number of fused-ring (bicyclic) bond motifs is 1. The molecule has 2 N–H and O–H groups in total. The van der Waals surface area contributed by atoms with Crippen LogP contribution in [0.5, 0.6) is 0 Å². The second-order valence-corrected chi connectivity index (χ2v) is 4.47. The number of benzene rings is 1. The van der Waals surface area contributed by atoms with E-state index in [9.17, 15) is 4.79 Å². The first-order valence-corrected chi connectivity index (χ1v) is 6.18. The summed E-state index contributed by atoms with van der Waals surface area (Å²) in [6, 6.07) is 6.18. The Kier molecular flexibility index (Phi) is 5.27. The largest absolute Gasteiger partial charge is 0.329 e. The minimum Gasteiger partial charge on any atom is -0.323 e. The van der Waals surface area contributed by atoms with Crippen LogP contribution in [0, 0.1) is 23.7 Å². The van der Waals surface area contributed by atoms with E-state index in [2.05, 4.69) is 18.2 Å². The number of nitrogens with zero attached hydrogens (tertiary/aromatic N) is 5. The summed E-state index contributed by atoms with van der Waals surface area (Å²) in [6.45, 7) is 7.00. The van der Waals surface area contributed by atoms with Gasteiger partial charge in [0, 0.05) is 26.2 Å². The van der Waals surface area contributed by atoms with E-state index in [4.69, 9.17) is 16.4 Å². The lowest BCUT2D eigenvalue weighted by Gasteiger charge is -2.00. The van der Waals surface area contributed by atoms with Crippen molar-refractivity contribution < 1.29 is 0 Å². The van der Waals surface area contributed by atoms with E-state index in [0.29, 0.717) is 6.04 Å². The Morgan fingerprint density at radius 2 is 1.90 bits per heavy atom. The Balaban J connectivity index is 0.000000510. The first-order chi connectivity index (χ1) is 10.2. The van der Waals surface area contributed by atoms with Crippen LogP contribution >= 0.6 is 0 Å². The molecule has 1 fully saturated rings. The SMILES string of the molecule is C#N.C#N.Cn1c(=O)n(C2CC2)c2cc(C=NN)ccc21. The van der Waals surface area contributed by atoms with Crippen molar-refractivity contribution in [2.24, 2.45) is 18.0 Å². The molecular weight excluding hydrogens is 268 g/mol. The highest BCUT2D eigenvalue weighted by atomic mass is 16.1. The zero-order valence-corrected chi connectivity index (χ0v) is 11.7. The van der Waals surface area contributed by atoms with Gasteiger partial charge >= 0.3 is 5.69 Å². The number of hydrazone groups is 1. The number of aryl methyl sites for hydroxylation is 1. The van der Waals surface area contributed by atoms with Gasteiger partial charge < -0.3 is 5.84 Å². The van der Waals surface area contributed by atoms with Gasteiger partial charge in [0.05, 0.1) is 17.2 Å². The van der Waals surface area contributed by atoms with Crippen LogP contribution in [0.1, 0.15) is 24.4 Å². The highest BCUT2D eigenvalue weighted by Crippen LogP contribution is 2.36. The first-order valence-electron chi connectivity index (χ1n) is 6.18. The molecule has 108 valence electrons. The second-order valence-electron chi connectivity index (χ2n) is 4.47. The maximum Gasteiger partial charge on any atom is 0.329 e. The van der Waals surface area contributed by atoms with Crippen LogP contribution in [0.15, 0.2) is 28.1 Å². The number of nitriles is 2. The topological polar surface area (TPSA) is 113 Å². The third kappa shape index (κ3) is 2.93. The van der Waals surface area contributed by atoms with Crippen LogP contribution in [-0.2, 0) is 7.05 Å². The molecule has 0 unspecified atom stereocenters. The normalized spacial score (nSPS) is 13.2. The average molecular weight is 284 g/mol. The molecule has 21 heavy (non-hydrogen) atoms. The minimum absolute atomic E-state index is 0.0596. The predicted molar refractivity (Wildman–Crippen MR) is 80.6 cm³/mol. The first kappa shape index (κ1) is 16.0. The predicted octanol–water partition coefficient (Wildman–Crippen LogP) is 1.25. The van der Waals surface area contributed by atoms with Gasteiger partial charge in [0.25, 0.3) is 0 Å². The Bertz CT molecular complexity index is 739. The summed E-state index contributed by atoms with van der Waals surface area (Å²) < 4.78 is 3.57. The van der Waals surface area contributed by atoms with E-state index in [0.717, 1.165) is 29.4 Å². The Morgan fingerprint density at radius 1 is 1.29 bits per heavy atom. The highest BCUT2D eigenvalue weighted by Gasteiger charge is 2.28. The molecule has 0 atom stereocenters. The third-order valence-electron chi connectivity index (χ3n) is 3.25. The van der Waals surface area contributed by atoms with E-state index in [1.807, 2.05) is 22.8 Å². The molecular formula is C14H16N6O. The van der Waals surface area contributed by atoms with Crippen molar-refractivity contribution in [3.05, 3.63) is 34.2 Å². The van der Waals surface area contributed by atoms with Crippen LogP contribution in [0.3, 0.4) is 0 Å². The number of hydrogen-bond donors (Lipinski definition) is 1. The van der Waals surface area contributed by atoms with E-state index in [1.165, 1.54) is 0 Å². The molecule has 1 heterocycles. The number of nitrogens with two attached hydrogens (primary N) is 1. The van der Waals surface area contributed by atoms with Gasteiger partial charge in [-0.2, -0.15) is 5.10 Å². The molecule has 2 aromatic rings. The van der Waals surface area contributed by atoms with Gasteiger partial charge in [-0.1, -0.05) is 6.07 Å². The van der Waals surface area contributed by atoms with Crippen molar-refractivity contribution in [1.82, 2.24) is 9.13 Å². The molecule has 0 radical (unpaired) electrons. The highest BCUT2D eigenvalue weighted by molar-refractivity contribution is 5.87. The van der Waals surface area contributed by atoms with Crippen molar-refractivity contribution in [3.8, 4) is 13.1 Å². The van der Waals surface area contributed by atoms with Crippen molar-refractivity contribution in [2.75, 3.05) is 0 Å². The summed E-state index contributed by atoms with van der Waals surface area (Å²) >= 11 is 0. The lowest BCUT2D eigenvalue weighted by molar-refractivity contribution is 0.696. The fourth-order valence-corrected chi connectivity index (χ4v) is 2.24. The molecule has 0 bridgehead atoms. The molecule has 1 saturated carbocycles. The Labute approximate surface area is 122 Å². The zero-order valence-electron chi connectivity index (χ0n) is 11.7. The summed E-state index contributed by atoms with van der Waals surface area (Å²) in [6.07, 6.45) is 3.77. The average Bonchev–Trinajstić information content (AvgIpc) is 3.33. The van der Waals surface area contributed by atoms with Gasteiger partial charge in [-0.25, -0.2) is 15.3 Å². The standard InChI is InChI=1S/C12H14N4O.2CHN/c1-15-10-5-2-8(7-14-13)6-11(10)16(12(15)17)9-3-4-9;2*1-2/h2,5-7,9H,3-4,13H2,1H3;2*1H. The number of hydrogen-bond acceptors (Lipinski definition) is 5. The number of aromatic nitrogens is 2. The summed E-state index contributed by atoms with van der Waals surface area (Å²) in [5.41, 5.74) is 2.90. The quantitative estimate of drug-likeness (QED) is 0.507. The molecule has 0 aliphatic heterocycles. The molecule has 0 saturated heterocycles. The minimum atomic E-state index is 0.0596. The van der Waals surface area contributed by atoms with Gasteiger partial charge in [-0.05, 0) is 30.5 Å². The Morgan fingerprint density at radius 3 is 2.43 bits per heavy atom. The third-order valence-corrected chi connectivity index (χ3v) is 3.25. The summed E-state index contributed by atoms with van der Waals surface area (Å²) in [7, 11) is 1.81. The molecule has 7 nitrogen and oxygen atoms in total. The molecule has 1 aromatic carbocycles. The molecule has 1 aliphatic rings. The zero-order chi connectivity index (χ0) is 16.0. The summed E-state index contributed by atoms with van der Waals surface area (Å²) in [5, 5.41) is 16.5. The van der Waals surface area contributed by atoms with Gasteiger partial charge in [0.2, 0.25) is 0 Å². The molecule has 3 rings (SSSR count). The molecule has 0 spiro atoms. The van der Waals surface area contributed by atoms with Crippen LogP contribution in [0.2, 0.25) is 0 Å². The van der Waals surface area contributed by atoms with E-state index < -0.39 is 0 Å². The molecule has 0 amide bonds. The maximum atomic E-state index is 12.1. The van der Waals surface area contributed by atoms with Crippen molar-refractivity contribution >= 4 is 17.2 Å². The summed E-state index contributed by atoms with van der Waals surface area (Å²) in [5.74, 6) is 5.15. The van der Waals surface area contributed by atoms with E-state index in [1.54, 1.807) is 17.8 Å². The van der Waals surface area contributed by atoms with Crippen molar-refractivity contribution in [2.45, 2.75) is 18.9 Å². The maximum absolute atomic E-state index is 12.1. The van der Waals surface area contributed by atoms with Gasteiger partial charge in [0.15, 0.2) is 0 Å². The van der Waals surface area contributed by atoms with Gasteiger partial charge in [-0.15, -0.1) is 0 Å². The van der Waals surface area contributed by atoms with Crippen LogP contribution < -0.4 is 11.5 Å². The lowest BCUT2D eigenvalue weighted by atomic mass is 10.2. The molecule has 7 heteroatoms. The second kappa shape index (κ2) is 6.92. The van der Waals surface area contributed by atoms with Crippen LogP contribution in [-0.4, -0.2) is 15.3 Å². The number of imidazole rings is 1.